The second-order valence-electron chi connectivity index (χ2n) is 6.46. The standard InChI is InChI=1S/C19H30N4O2S/c1-22(2)18(24)15-21-19(20-11-14-26-3)23-12-9-17(10-13-23)25-16-7-5-4-6-8-16/h4-8,17H,9-15H2,1-3H3,(H,20,21). The fourth-order valence-corrected chi connectivity index (χ4v) is 3.00. The van der Waals surface area contributed by atoms with Crippen LogP contribution in [-0.4, -0.2) is 80.1 Å². The van der Waals surface area contributed by atoms with E-state index in [1.54, 1.807) is 30.8 Å². The molecule has 1 heterocycles. The van der Waals surface area contributed by atoms with Crippen LogP contribution in [0.15, 0.2) is 35.3 Å². The van der Waals surface area contributed by atoms with Gasteiger partial charge in [0, 0.05) is 52.3 Å². The van der Waals surface area contributed by atoms with Crippen molar-refractivity contribution in [1.82, 2.24) is 15.1 Å². The van der Waals surface area contributed by atoms with Crippen molar-refractivity contribution in [3.05, 3.63) is 30.3 Å². The zero-order valence-electron chi connectivity index (χ0n) is 16.0. The average Bonchev–Trinajstić information content (AvgIpc) is 2.66. The van der Waals surface area contributed by atoms with Gasteiger partial charge in [0.1, 0.15) is 18.4 Å². The van der Waals surface area contributed by atoms with Crippen molar-refractivity contribution in [1.29, 1.82) is 0 Å². The Kier molecular flexibility index (Phi) is 8.61. The fraction of sp³-hybridized carbons (Fsp3) is 0.579. The van der Waals surface area contributed by atoms with Crippen LogP contribution in [-0.2, 0) is 4.79 Å². The molecule has 0 aliphatic carbocycles. The highest BCUT2D eigenvalue weighted by molar-refractivity contribution is 7.98. The van der Waals surface area contributed by atoms with E-state index in [0.717, 1.165) is 49.9 Å². The molecule has 144 valence electrons. The molecule has 26 heavy (non-hydrogen) atoms. The number of amides is 1. The molecule has 7 heteroatoms. The summed E-state index contributed by atoms with van der Waals surface area (Å²) in [4.78, 5) is 20.2. The third-order valence-electron chi connectivity index (χ3n) is 4.24. The van der Waals surface area contributed by atoms with Crippen molar-refractivity contribution < 1.29 is 9.53 Å². The number of nitrogens with one attached hydrogen (secondary N) is 1. The third kappa shape index (κ3) is 6.78. The fourth-order valence-electron chi connectivity index (χ4n) is 2.69. The highest BCUT2D eigenvalue weighted by atomic mass is 32.2. The number of para-hydroxylation sites is 1. The number of rotatable bonds is 7. The minimum absolute atomic E-state index is 0.0106. The number of carbonyl (C=O) groups is 1. The van der Waals surface area contributed by atoms with Crippen LogP contribution in [0, 0.1) is 0 Å². The lowest BCUT2D eigenvalue weighted by Crippen LogP contribution is -2.48. The number of benzene rings is 1. The maximum Gasteiger partial charge on any atom is 0.243 e. The van der Waals surface area contributed by atoms with Crippen LogP contribution in [0.3, 0.4) is 0 Å². The Morgan fingerprint density at radius 1 is 1.31 bits per heavy atom. The summed E-state index contributed by atoms with van der Waals surface area (Å²) in [6.07, 6.45) is 4.20. The Morgan fingerprint density at radius 2 is 2.00 bits per heavy atom. The van der Waals surface area contributed by atoms with Crippen LogP contribution >= 0.6 is 11.8 Å². The van der Waals surface area contributed by atoms with Gasteiger partial charge in [0.2, 0.25) is 5.91 Å². The molecule has 1 amide bonds. The average molecular weight is 379 g/mol. The first kappa shape index (κ1) is 20.4. The van der Waals surface area contributed by atoms with Crippen LogP contribution in [0.5, 0.6) is 5.75 Å². The van der Waals surface area contributed by atoms with Gasteiger partial charge < -0.3 is 19.9 Å². The molecule has 0 bridgehead atoms. The van der Waals surface area contributed by atoms with Gasteiger partial charge in [-0.1, -0.05) is 18.2 Å². The number of likely N-dealkylation sites (tertiary alicyclic amines) is 1. The Hall–Kier alpha value is -1.89. The van der Waals surface area contributed by atoms with Crippen molar-refractivity contribution >= 4 is 23.6 Å². The summed E-state index contributed by atoms with van der Waals surface area (Å²) in [5.74, 6) is 2.77. The molecule has 2 rings (SSSR count). The van der Waals surface area contributed by atoms with Crippen LogP contribution in [0.4, 0.5) is 0 Å². The Balaban J connectivity index is 1.89. The van der Waals surface area contributed by atoms with Gasteiger partial charge in [-0.05, 0) is 18.4 Å². The van der Waals surface area contributed by atoms with E-state index in [2.05, 4.69) is 21.5 Å². The number of likely N-dealkylation sites (N-methyl/N-ethyl adjacent to an activating group) is 1. The quantitative estimate of drug-likeness (QED) is 0.446. The van der Waals surface area contributed by atoms with Gasteiger partial charge in [0.15, 0.2) is 5.96 Å². The van der Waals surface area contributed by atoms with Gasteiger partial charge in [0.05, 0.1) is 0 Å². The van der Waals surface area contributed by atoms with Crippen molar-refractivity contribution in [2.75, 3.05) is 52.3 Å². The van der Waals surface area contributed by atoms with Gasteiger partial charge >= 0.3 is 0 Å². The molecule has 0 radical (unpaired) electrons. The Morgan fingerprint density at radius 3 is 2.62 bits per heavy atom. The van der Waals surface area contributed by atoms with Gasteiger partial charge in [-0.15, -0.1) is 0 Å². The number of aliphatic imine (C=N–C) groups is 1. The number of hydrogen-bond donors (Lipinski definition) is 1. The largest absolute Gasteiger partial charge is 0.490 e. The molecule has 0 atom stereocenters. The first-order valence-corrected chi connectivity index (χ1v) is 10.4. The summed E-state index contributed by atoms with van der Waals surface area (Å²) >= 11 is 1.79. The normalized spacial score (nSPS) is 15.7. The predicted octanol–water partition coefficient (Wildman–Crippen LogP) is 1.93. The minimum Gasteiger partial charge on any atom is -0.490 e. The van der Waals surface area contributed by atoms with Crippen molar-refractivity contribution in [3.8, 4) is 5.75 Å². The SMILES string of the molecule is CSCCNC(=NCC(=O)N(C)C)N1CCC(Oc2ccccc2)CC1. The van der Waals surface area contributed by atoms with Crippen molar-refractivity contribution in [3.63, 3.8) is 0 Å². The van der Waals surface area contributed by atoms with Crippen LogP contribution in [0.25, 0.3) is 0 Å². The topological polar surface area (TPSA) is 57.2 Å². The number of ether oxygens (including phenoxy) is 1. The molecule has 1 aromatic rings. The molecule has 6 nitrogen and oxygen atoms in total. The lowest BCUT2D eigenvalue weighted by atomic mass is 10.1. The molecule has 1 aliphatic rings. The van der Waals surface area contributed by atoms with Crippen LogP contribution in [0.1, 0.15) is 12.8 Å². The van der Waals surface area contributed by atoms with E-state index in [9.17, 15) is 4.79 Å². The monoisotopic (exact) mass is 378 g/mol. The van der Waals surface area contributed by atoms with E-state index >= 15 is 0 Å². The summed E-state index contributed by atoms with van der Waals surface area (Å²) in [5, 5.41) is 3.39. The molecular formula is C19H30N4O2S. The molecule has 1 fully saturated rings. The number of nitrogens with zero attached hydrogens (tertiary/aromatic N) is 3. The van der Waals surface area contributed by atoms with E-state index in [-0.39, 0.29) is 18.6 Å². The highest BCUT2D eigenvalue weighted by Crippen LogP contribution is 2.18. The number of carbonyl (C=O) groups excluding carboxylic acids is 1. The predicted molar refractivity (Wildman–Crippen MR) is 109 cm³/mol. The zero-order valence-corrected chi connectivity index (χ0v) is 16.8. The van der Waals surface area contributed by atoms with Gasteiger partial charge in [-0.2, -0.15) is 11.8 Å². The van der Waals surface area contributed by atoms with Gasteiger partial charge in [0.25, 0.3) is 0 Å². The van der Waals surface area contributed by atoms with Gasteiger partial charge in [-0.3, -0.25) is 4.79 Å². The summed E-state index contributed by atoms with van der Waals surface area (Å²) in [6, 6.07) is 9.97. The molecule has 1 aliphatic heterocycles. The van der Waals surface area contributed by atoms with Crippen LogP contribution in [0.2, 0.25) is 0 Å². The molecular weight excluding hydrogens is 348 g/mol. The lowest BCUT2D eigenvalue weighted by Gasteiger charge is -2.34. The van der Waals surface area contributed by atoms with E-state index in [1.807, 2.05) is 30.3 Å². The number of piperidine rings is 1. The maximum absolute atomic E-state index is 11.9. The van der Waals surface area contributed by atoms with Crippen molar-refractivity contribution in [2.45, 2.75) is 18.9 Å². The summed E-state index contributed by atoms with van der Waals surface area (Å²) in [5.41, 5.74) is 0. The second-order valence-corrected chi connectivity index (χ2v) is 7.45. The summed E-state index contributed by atoms with van der Waals surface area (Å²) in [7, 11) is 3.51. The third-order valence-corrected chi connectivity index (χ3v) is 4.85. The van der Waals surface area contributed by atoms with Crippen molar-refractivity contribution in [2.24, 2.45) is 4.99 Å². The van der Waals surface area contributed by atoms with E-state index < -0.39 is 0 Å². The number of hydrogen-bond acceptors (Lipinski definition) is 4. The minimum atomic E-state index is 0.0106. The molecule has 0 saturated carbocycles. The summed E-state index contributed by atoms with van der Waals surface area (Å²) in [6.45, 7) is 2.77. The Bertz CT molecular complexity index is 572. The smallest absolute Gasteiger partial charge is 0.243 e. The van der Waals surface area contributed by atoms with Gasteiger partial charge in [-0.25, -0.2) is 4.99 Å². The molecule has 1 saturated heterocycles. The van der Waals surface area contributed by atoms with Crippen LogP contribution < -0.4 is 10.1 Å². The first-order chi connectivity index (χ1) is 12.6. The summed E-state index contributed by atoms with van der Waals surface area (Å²) < 4.78 is 6.06. The Labute approximate surface area is 161 Å². The molecule has 0 spiro atoms. The number of guanidine groups is 1. The molecule has 0 unspecified atom stereocenters. The first-order valence-electron chi connectivity index (χ1n) is 9.04. The molecule has 0 aromatic heterocycles. The van der Waals surface area contributed by atoms with E-state index in [0.29, 0.717) is 0 Å². The zero-order chi connectivity index (χ0) is 18.8. The highest BCUT2D eigenvalue weighted by Gasteiger charge is 2.23. The maximum atomic E-state index is 11.9. The number of thioether (sulfide) groups is 1. The van der Waals surface area contributed by atoms with E-state index in [4.69, 9.17) is 4.74 Å². The lowest BCUT2D eigenvalue weighted by molar-refractivity contribution is -0.127. The molecule has 1 aromatic carbocycles. The second kappa shape index (κ2) is 11.0. The van der Waals surface area contributed by atoms with E-state index in [1.165, 1.54) is 0 Å². The molecule has 1 N–H and O–H groups in total.